The zero-order valence-corrected chi connectivity index (χ0v) is 83.2. The Bertz CT molecular complexity index is 4570. The number of Topliss-reactive ketones (excluding diaryl/α,β-unsaturated/α-hetero) is 5. The first-order chi connectivity index (χ1) is 54.0. The van der Waals surface area contributed by atoms with Crippen molar-refractivity contribution >= 4 is 112 Å². The summed E-state index contributed by atoms with van der Waals surface area (Å²) in [6.07, 6.45) is 18.0. The third-order valence-corrected chi connectivity index (χ3v) is 35.4. The molecule has 16 rings (SSSR count). The number of rotatable bonds is 10. The zero-order valence-electron chi connectivity index (χ0n) is 70.3. The zero-order chi connectivity index (χ0) is 81.7. The van der Waals surface area contributed by atoms with Crippen molar-refractivity contribution in [2.24, 2.45) is 0 Å². The van der Waals surface area contributed by atoms with Crippen molar-refractivity contribution in [2.75, 3.05) is 11.5 Å². The SMILES string of the molecule is CC(C)[Si](OC1=CCCc2c[c-]ccc21)(C(C)C)C(C)C.CC(C)[Si](Oc1cccc2c[c-]ccc12)(C(C)C)C(C)C.Cc1ccc2c(c1)CCCC2=O.Nc1ccc2c(c1)CCCC2=O.Nc1ccc2c(c1)CCCC2=O.O=C1CCCc2cc(Br)ccc21.O=C1CCCc2cc(Cl)ccc21.Oc1cccc2c[c-]ccc12.[Y].[Y].[Y]. The van der Waals surface area contributed by atoms with Crippen LogP contribution in [0.1, 0.15) is 250 Å². The fourth-order valence-electron chi connectivity index (χ4n) is 17.3. The summed E-state index contributed by atoms with van der Waals surface area (Å²) in [6, 6.07) is 67.6. The Labute approximate surface area is 782 Å². The molecule has 0 saturated heterocycles. The van der Waals surface area contributed by atoms with Gasteiger partial charge >= 0.3 is 0 Å². The number of allylic oxidation sites excluding steroid dienone is 1. The van der Waals surface area contributed by atoms with E-state index < -0.39 is 16.6 Å². The molecule has 0 fully saturated rings. The molecule has 5 N–H and O–H groups in total. The van der Waals surface area contributed by atoms with Crippen LogP contribution in [-0.4, -0.2) is 50.7 Å². The van der Waals surface area contributed by atoms with Crippen LogP contribution < -0.4 is 15.9 Å². The van der Waals surface area contributed by atoms with Crippen molar-refractivity contribution in [1.82, 2.24) is 0 Å². The van der Waals surface area contributed by atoms with Gasteiger partial charge in [-0.2, -0.15) is 72.8 Å². The number of aromatic hydroxyl groups is 1. The minimum atomic E-state index is -1.90. The summed E-state index contributed by atoms with van der Waals surface area (Å²) >= 11 is 9.21. The van der Waals surface area contributed by atoms with Gasteiger partial charge in [-0.1, -0.05) is 175 Å². The van der Waals surface area contributed by atoms with E-state index in [-0.39, 0.29) is 115 Å². The van der Waals surface area contributed by atoms with Gasteiger partial charge in [-0.25, -0.2) is 0 Å². The number of anilines is 2. The van der Waals surface area contributed by atoms with Gasteiger partial charge in [0.25, 0.3) is 16.6 Å². The van der Waals surface area contributed by atoms with Gasteiger partial charge in [-0.3, -0.25) is 24.0 Å². The van der Waals surface area contributed by atoms with E-state index in [2.05, 4.69) is 173 Å². The second-order valence-electron chi connectivity index (χ2n) is 32.3. The Balaban J connectivity index is 0.000000208. The summed E-state index contributed by atoms with van der Waals surface area (Å²) in [7, 11) is -3.76. The van der Waals surface area contributed by atoms with Crippen LogP contribution in [0, 0.1) is 25.1 Å². The summed E-state index contributed by atoms with van der Waals surface area (Å²) in [5, 5.41) is 14.4. The van der Waals surface area contributed by atoms with E-state index in [1.54, 1.807) is 30.3 Å². The second kappa shape index (κ2) is 47.5. The fraction of sp³-hybridized carbons (Fsp3) is 0.364. The van der Waals surface area contributed by atoms with Crippen LogP contribution in [0.15, 0.2) is 193 Å². The maximum absolute atomic E-state index is 11.4. The van der Waals surface area contributed by atoms with Crippen LogP contribution in [0.25, 0.3) is 27.3 Å². The van der Waals surface area contributed by atoms with Gasteiger partial charge in [-0.05, 0) is 224 Å². The molecule has 0 aliphatic heterocycles. The minimum Gasteiger partial charge on any atom is -0.544 e. The number of aryl methyl sites for hydroxylation is 7. The number of phenols is 1. The molecule has 0 atom stereocenters. The molecule has 10 nitrogen and oxygen atoms in total. The molecule has 6 aliphatic rings. The van der Waals surface area contributed by atoms with E-state index >= 15 is 0 Å². The van der Waals surface area contributed by atoms with Crippen molar-refractivity contribution in [3.8, 4) is 11.5 Å². The number of fused-ring (bicyclic) bond motifs is 8. The first-order valence-corrected chi connectivity index (χ1v) is 46.1. The number of nitrogen functional groups attached to an aromatic ring is 2. The van der Waals surface area contributed by atoms with Crippen LogP contribution in [0.5, 0.6) is 11.5 Å². The third kappa shape index (κ3) is 26.2. The van der Waals surface area contributed by atoms with E-state index in [9.17, 15) is 29.1 Å². The molecule has 0 unspecified atom stereocenters. The minimum absolute atomic E-state index is 0. The molecule has 0 spiro atoms. The van der Waals surface area contributed by atoms with Crippen molar-refractivity contribution in [1.29, 1.82) is 0 Å². The van der Waals surface area contributed by atoms with Gasteiger partial charge in [0.1, 0.15) is 0 Å². The van der Waals surface area contributed by atoms with Crippen LogP contribution >= 0.6 is 27.5 Å². The maximum Gasteiger partial charge on any atom is 0.258 e. The van der Waals surface area contributed by atoms with Gasteiger partial charge in [0.05, 0.1) is 17.3 Å². The maximum atomic E-state index is 11.4. The Morgan fingerprint density at radius 3 is 1.24 bits per heavy atom. The van der Waals surface area contributed by atoms with E-state index in [1.807, 2.05) is 109 Å². The summed E-state index contributed by atoms with van der Waals surface area (Å²) in [5.41, 5.74) is 30.5. The predicted octanol–water partition coefficient (Wildman–Crippen LogP) is 26.4. The van der Waals surface area contributed by atoms with Gasteiger partial charge in [0.2, 0.25) is 0 Å². The molecule has 10 aromatic carbocycles. The average molecular weight is 1900 g/mol. The second-order valence-corrected chi connectivity index (χ2v) is 44.4. The summed E-state index contributed by atoms with van der Waals surface area (Å²) in [5.74, 6) is 3.90. The molecule has 6 aliphatic carbocycles. The van der Waals surface area contributed by atoms with E-state index in [1.165, 1.54) is 38.6 Å². The molecule has 0 aromatic heterocycles. The molecule has 0 heterocycles. The predicted molar refractivity (Wildman–Crippen MR) is 477 cm³/mol. The van der Waals surface area contributed by atoms with Crippen molar-refractivity contribution < 1.29 is 136 Å². The van der Waals surface area contributed by atoms with Crippen molar-refractivity contribution in [2.45, 2.75) is 232 Å². The van der Waals surface area contributed by atoms with Crippen molar-refractivity contribution in [3.05, 3.63) is 288 Å². The summed E-state index contributed by atoms with van der Waals surface area (Å²) in [6.45, 7) is 30.1. The number of nitrogens with two attached hydrogens (primary N) is 2. The van der Waals surface area contributed by atoms with Gasteiger partial charge in [0.15, 0.2) is 28.9 Å². The molecule has 603 valence electrons. The van der Waals surface area contributed by atoms with Crippen LogP contribution in [0.4, 0.5) is 11.4 Å². The number of hydrogen-bond donors (Lipinski definition) is 3. The first kappa shape index (κ1) is 99.1. The number of halogens is 2. The molecular weight excluding hydrogens is 1780 g/mol. The molecule has 17 heteroatoms. The molecule has 0 amide bonds. The number of ketones is 5. The smallest absolute Gasteiger partial charge is 0.258 e. The largest absolute Gasteiger partial charge is 0.544 e. The average Bonchev–Trinajstić information content (AvgIpc) is 0.778. The first-order valence-electron chi connectivity index (χ1n) is 40.7. The van der Waals surface area contributed by atoms with Crippen LogP contribution in [0.2, 0.25) is 38.3 Å². The quantitative estimate of drug-likeness (QED) is 0.0679. The third-order valence-electron chi connectivity index (χ3n) is 22.7. The Hall–Kier alpha value is -5.67. The standard InChI is InChI=1S/C19H29OSi.C19H27OSi.C11H12O.C10H9BrO.C10H9ClO.2C10H11NO.C10H7O.3Y/c2*1-14(2)21(15(3)4,16(5)6)20-19-13-9-11-17-10-7-8-12-18(17)19;1-8-5-6-10-9(7-8)3-2-4-11(10)12;4*11-8-4-5-9-7(6-8)2-1-3-10(9)12;11-10-7-3-5-8-4-1-2-6-9(8)10;;;/h8,10,12-16H,9,11H2,1-6H3;8-16H,1-6H3;5-7H,2-4H2,1H3;2*4-6H,1-3H2;2*4-6H,1-3,11H2;2-7,11H;;;/q2*-1;;;;;;-1;;;. The van der Waals surface area contributed by atoms with E-state index in [0.717, 1.165) is 171 Å². The van der Waals surface area contributed by atoms with Gasteiger partial charge in [0, 0.05) is 179 Å². The van der Waals surface area contributed by atoms with Gasteiger partial charge < -0.3 is 25.4 Å². The Kier molecular flexibility index (Phi) is 40.6. The number of phenolic OH excluding ortho intramolecular Hbond substituents is 1. The Morgan fingerprint density at radius 1 is 0.397 bits per heavy atom. The fourth-order valence-corrected chi connectivity index (χ4v) is 28.4. The van der Waals surface area contributed by atoms with Crippen molar-refractivity contribution in [3.63, 3.8) is 0 Å². The summed E-state index contributed by atoms with van der Waals surface area (Å²) in [4.78, 5) is 56.8. The number of carbonyl (C=O) groups excluding carboxylic acids is 5. The molecule has 116 heavy (non-hydrogen) atoms. The molecule has 10 aromatic rings. The van der Waals surface area contributed by atoms with E-state index in [0.29, 0.717) is 76.2 Å². The van der Waals surface area contributed by atoms with Gasteiger partial charge in [-0.15, -0.1) is 28.5 Å². The van der Waals surface area contributed by atoms with Crippen LogP contribution in [0.3, 0.4) is 0 Å². The monoisotopic (exact) mass is 1900 g/mol. The topological polar surface area (TPSA) is 176 Å². The van der Waals surface area contributed by atoms with Crippen LogP contribution in [-0.2, 0) is 141 Å². The van der Waals surface area contributed by atoms with E-state index in [4.69, 9.17) is 31.9 Å². The number of benzene rings is 10. The number of carbonyl (C=O) groups is 5. The Morgan fingerprint density at radius 2 is 0.776 bits per heavy atom. The number of hydrogen-bond acceptors (Lipinski definition) is 10. The molecular formula is C99H115BrClN2O8Si2Y3-3. The normalized spacial score (nSPS) is 14.2. The summed E-state index contributed by atoms with van der Waals surface area (Å²) < 4.78 is 14.8. The molecule has 0 saturated carbocycles. The molecule has 0 bridgehead atoms. The molecule has 3 radical (unpaired) electrons.